The minimum Gasteiger partial charge on any atom is -0.462 e. The zero-order valence-corrected chi connectivity index (χ0v) is 12.1. The number of carbonyl (C=O) groups excluding carboxylic acids is 1. The smallest absolute Gasteiger partial charge is 0.271 e. The van der Waals surface area contributed by atoms with Gasteiger partial charge in [0.1, 0.15) is 5.69 Å². The van der Waals surface area contributed by atoms with Gasteiger partial charge in [-0.05, 0) is 38.4 Å². The van der Waals surface area contributed by atoms with Crippen LogP contribution in [0.5, 0.6) is 0 Å². The molecule has 0 saturated carbocycles. The number of aromatic nitrogens is 1. The molecule has 1 atom stereocenters. The second-order valence-corrected chi connectivity index (χ2v) is 6.12. The van der Waals surface area contributed by atoms with Gasteiger partial charge in [0.2, 0.25) is 0 Å². The maximum Gasteiger partial charge on any atom is 0.271 e. The molecule has 3 heterocycles. The third-order valence-electron chi connectivity index (χ3n) is 3.38. The maximum atomic E-state index is 12.3. The van der Waals surface area contributed by atoms with E-state index in [1.54, 1.807) is 6.26 Å². The first-order valence-electron chi connectivity index (χ1n) is 6.77. The summed E-state index contributed by atoms with van der Waals surface area (Å²) in [5.74, 6) is 0.613. The summed E-state index contributed by atoms with van der Waals surface area (Å²) in [5, 5.41) is 7.08. The van der Waals surface area contributed by atoms with E-state index in [0.717, 1.165) is 35.8 Å². The lowest BCUT2D eigenvalue weighted by atomic mass is 10.1. The Balaban J connectivity index is 1.74. The van der Waals surface area contributed by atoms with E-state index in [4.69, 9.17) is 4.42 Å². The number of aryl methyl sites for hydroxylation is 1. The summed E-state index contributed by atoms with van der Waals surface area (Å²) in [6.07, 6.45) is 3.73. The number of hydrogen-bond donors (Lipinski definition) is 2. The van der Waals surface area contributed by atoms with Gasteiger partial charge in [0.25, 0.3) is 5.91 Å². The van der Waals surface area contributed by atoms with Crippen LogP contribution in [0.4, 0.5) is 0 Å². The lowest BCUT2D eigenvalue weighted by Crippen LogP contribution is -2.45. The molecule has 1 fully saturated rings. The van der Waals surface area contributed by atoms with Crippen molar-refractivity contribution in [3.63, 3.8) is 0 Å². The van der Waals surface area contributed by atoms with E-state index in [-0.39, 0.29) is 11.9 Å². The average Bonchev–Trinajstić information content (AvgIpc) is 3.08. The number of nitrogens with one attached hydrogen (secondary N) is 2. The highest BCUT2D eigenvalue weighted by molar-refractivity contribution is 7.15. The van der Waals surface area contributed by atoms with Gasteiger partial charge in [-0.15, -0.1) is 11.3 Å². The first-order valence-corrected chi connectivity index (χ1v) is 7.58. The fourth-order valence-corrected chi connectivity index (χ4v) is 3.22. The standard InChI is InChI=1S/C14H17N3O2S/c1-9-12(13(18)16-10-4-2-6-15-8-10)17-14(20-9)11-5-3-7-19-11/h3,5,7,10,15H,2,4,6,8H2,1H3,(H,16,18)/t10-/m0/s1. The number of carbonyl (C=O) groups is 1. The first kappa shape index (κ1) is 13.3. The summed E-state index contributed by atoms with van der Waals surface area (Å²) >= 11 is 1.48. The summed E-state index contributed by atoms with van der Waals surface area (Å²) in [7, 11) is 0. The number of rotatable bonds is 3. The number of hydrogen-bond acceptors (Lipinski definition) is 5. The number of thiazole rings is 1. The number of furan rings is 1. The molecule has 0 aliphatic carbocycles. The quantitative estimate of drug-likeness (QED) is 0.909. The molecule has 20 heavy (non-hydrogen) atoms. The molecule has 3 rings (SSSR count). The molecule has 2 aromatic heterocycles. The molecular formula is C14H17N3O2S. The minimum atomic E-state index is -0.0924. The summed E-state index contributed by atoms with van der Waals surface area (Å²) in [4.78, 5) is 17.6. The predicted molar refractivity (Wildman–Crippen MR) is 77.9 cm³/mol. The average molecular weight is 291 g/mol. The van der Waals surface area contributed by atoms with E-state index in [1.807, 2.05) is 19.1 Å². The van der Waals surface area contributed by atoms with E-state index in [1.165, 1.54) is 11.3 Å². The fourth-order valence-electron chi connectivity index (χ4n) is 2.34. The number of nitrogens with zero attached hydrogens (tertiary/aromatic N) is 1. The molecule has 6 heteroatoms. The van der Waals surface area contributed by atoms with Crippen LogP contribution < -0.4 is 10.6 Å². The molecule has 2 N–H and O–H groups in total. The van der Waals surface area contributed by atoms with Gasteiger partial charge in [-0.1, -0.05) is 0 Å². The van der Waals surface area contributed by atoms with E-state index in [9.17, 15) is 4.79 Å². The molecule has 1 aliphatic rings. The van der Waals surface area contributed by atoms with Crippen LogP contribution in [0, 0.1) is 6.92 Å². The van der Waals surface area contributed by atoms with E-state index >= 15 is 0 Å². The summed E-state index contributed by atoms with van der Waals surface area (Å²) in [6, 6.07) is 3.87. The highest BCUT2D eigenvalue weighted by atomic mass is 32.1. The second-order valence-electron chi connectivity index (χ2n) is 4.92. The van der Waals surface area contributed by atoms with Crippen LogP contribution in [-0.2, 0) is 0 Å². The lowest BCUT2D eigenvalue weighted by Gasteiger charge is -2.23. The van der Waals surface area contributed by atoms with Crippen LogP contribution in [0.25, 0.3) is 10.8 Å². The van der Waals surface area contributed by atoms with Gasteiger partial charge >= 0.3 is 0 Å². The molecule has 1 amide bonds. The Labute approximate surface area is 121 Å². The zero-order chi connectivity index (χ0) is 13.9. The Morgan fingerprint density at radius 3 is 3.20 bits per heavy atom. The summed E-state index contributed by atoms with van der Waals surface area (Å²) in [6.45, 7) is 3.78. The van der Waals surface area contributed by atoms with Gasteiger partial charge in [0.15, 0.2) is 10.8 Å². The Kier molecular flexibility index (Phi) is 3.84. The molecule has 0 unspecified atom stereocenters. The molecule has 1 aliphatic heterocycles. The van der Waals surface area contributed by atoms with Crippen LogP contribution >= 0.6 is 11.3 Å². The highest BCUT2D eigenvalue weighted by Crippen LogP contribution is 2.27. The van der Waals surface area contributed by atoms with Crippen molar-refractivity contribution in [2.24, 2.45) is 0 Å². The van der Waals surface area contributed by atoms with Crippen LogP contribution in [0.15, 0.2) is 22.8 Å². The van der Waals surface area contributed by atoms with E-state index in [2.05, 4.69) is 15.6 Å². The third-order valence-corrected chi connectivity index (χ3v) is 4.36. The van der Waals surface area contributed by atoms with Gasteiger partial charge in [-0.25, -0.2) is 4.98 Å². The van der Waals surface area contributed by atoms with Gasteiger partial charge in [-0.3, -0.25) is 4.79 Å². The maximum absolute atomic E-state index is 12.3. The molecule has 0 radical (unpaired) electrons. The largest absolute Gasteiger partial charge is 0.462 e. The van der Waals surface area contributed by atoms with E-state index < -0.39 is 0 Å². The van der Waals surface area contributed by atoms with E-state index in [0.29, 0.717) is 11.5 Å². The molecule has 2 aromatic rings. The molecule has 5 nitrogen and oxygen atoms in total. The van der Waals surface area contributed by atoms with Crippen molar-refractivity contribution in [1.82, 2.24) is 15.6 Å². The molecule has 0 aromatic carbocycles. The first-order chi connectivity index (χ1) is 9.74. The van der Waals surface area contributed by atoms with Crippen LogP contribution in [0.3, 0.4) is 0 Å². The SMILES string of the molecule is Cc1sc(-c2ccco2)nc1C(=O)N[C@H]1CCCNC1. The van der Waals surface area contributed by atoms with Crippen molar-refractivity contribution in [2.45, 2.75) is 25.8 Å². The Bertz CT molecular complexity index is 586. The van der Waals surface area contributed by atoms with Crippen molar-refractivity contribution >= 4 is 17.2 Å². The third kappa shape index (κ3) is 2.76. The predicted octanol–water partition coefficient (Wildman–Crippen LogP) is 2.19. The van der Waals surface area contributed by atoms with Crippen molar-refractivity contribution in [3.05, 3.63) is 29.0 Å². The fraction of sp³-hybridized carbons (Fsp3) is 0.429. The van der Waals surface area contributed by atoms with Gasteiger partial charge in [0.05, 0.1) is 6.26 Å². The topological polar surface area (TPSA) is 67.2 Å². The van der Waals surface area contributed by atoms with Crippen LogP contribution in [0.2, 0.25) is 0 Å². The monoisotopic (exact) mass is 291 g/mol. The minimum absolute atomic E-state index is 0.0924. The second kappa shape index (κ2) is 5.76. The molecule has 0 spiro atoms. The molecule has 106 valence electrons. The summed E-state index contributed by atoms with van der Waals surface area (Å²) < 4.78 is 5.32. The number of piperidine rings is 1. The van der Waals surface area contributed by atoms with Gasteiger partial charge in [0, 0.05) is 17.5 Å². The number of amides is 1. The van der Waals surface area contributed by atoms with Crippen LogP contribution in [-0.4, -0.2) is 30.0 Å². The van der Waals surface area contributed by atoms with Crippen molar-refractivity contribution in [1.29, 1.82) is 0 Å². The molecular weight excluding hydrogens is 274 g/mol. The van der Waals surface area contributed by atoms with Gasteiger partial charge < -0.3 is 15.1 Å². The van der Waals surface area contributed by atoms with Crippen molar-refractivity contribution < 1.29 is 9.21 Å². The summed E-state index contributed by atoms with van der Waals surface area (Å²) in [5.41, 5.74) is 0.506. The lowest BCUT2D eigenvalue weighted by molar-refractivity contribution is 0.0926. The normalized spacial score (nSPS) is 18.9. The molecule has 0 bridgehead atoms. The molecule has 1 saturated heterocycles. The zero-order valence-electron chi connectivity index (χ0n) is 11.3. The van der Waals surface area contributed by atoms with Crippen molar-refractivity contribution in [2.75, 3.05) is 13.1 Å². The van der Waals surface area contributed by atoms with Crippen molar-refractivity contribution in [3.8, 4) is 10.8 Å². The van der Waals surface area contributed by atoms with Gasteiger partial charge in [-0.2, -0.15) is 0 Å². The van der Waals surface area contributed by atoms with Crippen LogP contribution in [0.1, 0.15) is 28.2 Å². The Morgan fingerprint density at radius 2 is 2.50 bits per heavy atom. The Hall–Kier alpha value is -1.66. The highest BCUT2D eigenvalue weighted by Gasteiger charge is 2.21. The Morgan fingerprint density at radius 1 is 1.60 bits per heavy atom.